The number of carbonyl (C=O) groups is 4. The lowest BCUT2D eigenvalue weighted by Gasteiger charge is -2.15. The van der Waals surface area contributed by atoms with Crippen molar-refractivity contribution in [1.29, 1.82) is 0 Å². The van der Waals surface area contributed by atoms with Gasteiger partial charge < -0.3 is 19.9 Å². The van der Waals surface area contributed by atoms with Crippen LogP contribution in [0.1, 0.15) is 34.3 Å². The number of amides is 1. The highest BCUT2D eigenvalue weighted by Crippen LogP contribution is 2.31. The van der Waals surface area contributed by atoms with Crippen molar-refractivity contribution in [1.82, 2.24) is 0 Å². The van der Waals surface area contributed by atoms with Crippen LogP contribution in [-0.4, -0.2) is 35.7 Å². The van der Waals surface area contributed by atoms with Gasteiger partial charge in [-0.05, 0) is 48.9 Å². The van der Waals surface area contributed by atoms with Crippen LogP contribution in [0.15, 0.2) is 65.1 Å². The summed E-state index contributed by atoms with van der Waals surface area (Å²) in [5.41, 5.74) is 3.17. The Balaban J connectivity index is 1.67. The van der Waals surface area contributed by atoms with Crippen molar-refractivity contribution in [2.24, 2.45) is 0 Å². The van der Waals surface area contributed by atoms with Crippen LogP contribution in [0.25, 0.3) is 0 Å². The Bertz CT molecular complexity index is 1350. The van der Waals surface area contributed by atoms with E-state index in [0.717, 1.165) is 5.56 Å². The van der Waals surface area contributed by atoms with E-state index in [1.165, 1.54) is 0 Å². The quantitative estimate of drug-likeness (QED) is 0.143. The average Bonchev–Trinajstić information content (AvgIpc) is 2.84. The molecular weight excluding hydrogens is 568 g/mol. The van der Waals surface area contributed by atoms with Crippen LogP contribution in [-0.2, 0) is 19.1 Å². The first-order valence-electron chi connectivity index (χ1n) is 10.9. The fourth-order valence-corrected chi connectivity index (χ4v) is 3.84. The van der Waals surface area contributed by atoms with Crippen LogP contribution < -0.4 is 10.6 Å². The number of carboxylic acids is 1. The molecule has 0 radical (unpaired) electrons. The standard InChI is InChI=1S/C26H22BrClN2O7/c1-15-4-2-3-5-18(15)25(34)19-8-7-17(13-20(19)28)29-21-9-6-16(27)12-22(21)30-26(35)37-14-36-24(33)11-10-23(31)32/h2-9,12-13,29H,10-11,14H2,1H3,(H,30,35)(H,31,32). The Hall–Kier alpha value is -3.89. The molecule has 0 saturated heterocycles. The molecule has 192 valence electrons. The number of benzene rings is 3. The molecule has 0 bridgehead atoms. The van der Waals surface area contributed by atoms with Gasteiger partial charge in [0.05, 0.1) is 29.2 Å². The van der Waals surface area contributed by atoms with Gasteiger partial charge in [0.1, 0.15) is 0 Å². The lowest BCUT2D eigenvalue weighted by atomic mass is 9.99. The first-order chi connectivity index (χ1) is 17.6. The Morgan fingerprint density at radius 1 is 0.919 bits per heavy atom. The number of hydrogen-bond donors (Lipinski definition) is 3. The van der Waals surface area contributed by atoms with E-state index in [0.29, 0.717) is 32.7 Å². The van der Waals surface area contributed by atoms with E-state index in [1.54, 1.807) is 48.5 Å². The van der Waals surface area contributed by atoms with Gasteiger partial charge in [-0.25, -0.2) is 4.79 Å². The van der Waals surface area contributed by atoms with Gasteiger partial charge in [0.2, 0.25) is 6.79 Å². The first kappa shape index (κ1) is 27.7. The molecule has 0 aliphatic heterocycles. The highest BCUT2D eigenvalue weighted by atomic mass is 79.9. The Morgan fingerprint density at radius 3 is 2.38 bits per heavy atom. The fourth-order valence-electron chi connectivity index (χ4n) is 3.21. The number of esters is 1. The number of ketones is 1. The second kappa shape index (κ2) is 12.9. The number of carbonyl (C=O) groups excluding carboxylic acids is 3. The predicted octanol–water partition coefficient (Wildman–Crippen LogP) is 6.30. The number of ether oxygens (including phenoxy) is 2. The number of aryl methyl sites for hydroxylation is 1. The van der Waals surface area contributed by atoms with E-state index in [9.17, 15) is 19.2 Å². The highest BCUT2D eigenvalue weighted by Gasteiger charge is 2.16. The van der Waals surface area contributed by atoms with E-state index < -0.39 is 24.8 Å². The summed E-state index contributed by atoms with van der Waals surface area (Å²) in [4.78, 5) is 47.0. The lowest BCUT2D eigenvalue weighted by Crippen LogP contribution is -2.18. The van der Waals surface area contributed by atoms with Gasteiger partial charge >= 0.3 is 18.0 Å². The summed E-state index contributed by atoms with van der Waals surface area (Å²) in [5, 5.41) is 14.5. The number of nitrogens with one attached hydrogen (secondary N) is 2. The molecule has 3 aromatic rings. The summed E-state index contributed by atoms with van der Waals surface area (Å²) in [6.45, 7) is 1.18. The second-order valence-electron chi connectivity index (χ2n) is 7.74. The smallest absolute Gasteiger partial charge is 0.414 e. The Morgan fingerprint density at radius 2 is 1.68 bits per heavy atom. The molecule has 3 aromatic carbocycles. The molecule has 0 atom stereocenters. The molecular formula is C26H22BrClN2O7. The minimum Gasteiger partial charge on any atom is -0.481 e. The molecule has 37 heavy (non-hydrogen) atoms. The SMILES string of the molecule is Cc1ccccc1C(=O)c1ccc(Nc2ccc(Br)cc2NC(=O)OCOC(=O)CCC(=O)O)cc1Cl. The number of rotatable bonds is 10. The molecule has 0 spiro atoms. The number of anilines is 3. The Kier molecular flexibility index (Phi) is 9.64. The van der Waals surface area contributed by atoms with Crippen LogP contribution in [0.4, 0.5) is 21.9 Å². The molecule has 11 heteroatoms. The van der Waals surface area contributed by atoms with Gasteiger partial charge in [-0.2, -0.15) is 0 Å². The van der Waals surface area contributed by atoms with Crippen LogP contribution in [0.5, 0.6) is 0 Å². The topological polar surface area (TPSA) is 131 Å². The van der Waals surface area contributed by atoms with Crippen LogP contribution >= 0.6 is 27.5 Å². The number of hydrogen-bond acceptors (Lipinski definition) is 7. The minimum absolute atomic E-state index is 0.188. The zero-order valence-electron chi connectivity index (χ0n) is 19.5. The molecule has 0 aromatic heterocycles. The minimum atomic E-state index is -1.14. The lowest BCUT2D eigenvalue weighted by molar-refractivity contribution is -0.154. The first-order valence-corrected chi connectivity index (χ1v) is 12.1. The normalized spacial score (nSPS) is 10.4. The molecule has 0 aliphatic carbocycles. The van der Waals surface area contributed by atoms with Crippen molar-refractivity contribution in [3.8, 4) is 0 Å². The zero-order valence-corrected chi connectivity index (χ0v) is 21.9. The monoisotopic (exact) mass is 588 g/mol. The number of carboxylic acid groups (broad SMARTS) is 1. The summed E-state index contributed by atoms with van der Waals surface area (Å²) < 4.78 is 10.2. The molecule has 0 saturated carbocycles. The van der Waals surface area contributed by atoms with Crippen molar-refractivity contribution in [2.75, 3.05) is 17.4 Å². The Labute approximate surface area is 225 Å². The third-order valence-electron chi connectivity index (χ3n) is 5.05. The van der Waals surface area contributed by atoms with Gasteiger partial charge in [0.25, 0.3) is 0 Å². The third-order valence-corrected chi connectivity index (χ3v) is 5.86. The average molecular weight is 590 g/mol. The van der Waals surface area contributed by atoms with E-state index in [4.69, 9.17) is 21.4 Å². The molecule has 9 nitrogen and oxygen atoms in total. The number of halogens is 2. The summed E-state index contributed by atoms with van der Waals surface area (Å²) in [6.07, 6.45) is -1.62. The van der Waals surface area contributed by atoms with E-state index in [2.05, 4.69) is 31.3 Å². The van der Waals surface area contributed by atoms with Crippen LogP contribution in [0.3, 0.4) is 0 Å². The van der Waals surface area contributed by atoms with E-state index in [1.807, 2.05) is 19.1 Å². The van der Waals surface area contributed by atoms with E-state index >= 15 is 0 Å². The number of aliphatic carboxylic acids is 1. The van der Waals surface area contributed by atoms with Crippen LogP contribution in [0.2, 0.25) is 5.02 Å². The molecule has 1 amide bonds. The van der Waals surface area contributed by atoms with Crippen molar-refractivity contribution < 1.29 is 33.8 Å². The third kappa shape index (κ3) is 8.06. The fraction of sp³-hybridized carbons (Fsp3) is 0.154. The summed E-state index contributed by atoms with van der Waals surface area (Å²) in [5.74, 6) is -2.13. The summed E-state index contributed by atoms with van der Waals surface area (Å²) >= 11 is 9.77. The molecule has 3 N–H and O–H groups in total. The van der Waals surface area contributed by atoms with Crippen LogP contribution in [0, 0.1) is 6.92 Å². The summed E-state index contributed by atoms with van der Waals surface area (Å²) in [7, 11) is 0. The van der Waals surface area contributed by atoms with Crippen molar-refractivity contribution in [2.45, 2.75) is 19.8 Å². The molecule has 3 rings (SSSR count). The largest absolute Gasteiger partial charge is 0.481 e. The highest BCUT2D eigenvalue weighted by molar-refractivity contribution is 9.10. The maximum atomic E-state index is 12.9. The molecule has 0 aliphatic rings. The van der Waals surface area contributed by atoms with Gasteiger partial charge in [-0.15, -0.1) is 0 Å². The van der Waals surface area contributed by atoms with E-state index in [-0.39, 0.29) is 23.6 Å². The second-order valence-corrected chi connectivity index (χ2v) is 9.06. The van der Waals surface area contributed by atoms with Gasteiger partial charge in [0, 0.05) is 21.3 Å². The maximum Gasteiger partial charge on any atom is 0.414 e. The summed E-state index contributed by atoms with van der Waals surface area (Å²) in [6, 6.07) is 17.2. The zero-order chi connectivity index (χ0) is 26.9. The molecule has 0 fully saturated rings. The molecule has 0 heterocycles. The molecule has 0 unspecified atom stereocenters. The maximum absolute atomic E-state index is 12.9. The predicted molar refractivity (Wildman–Crippen MR) is 141 cm³/mol. The van der Waals surface area contributed by atoms with Crippen molar-refractivity contribution in [3.05, 3.63) is 86.8 Å². The van der Waals surface area contributed by atoms with Gasteiger partial charge in [0.15, 0.2) is 5.78 Å². The van der Waals surface area contributed by atoms with Gasteiger partial charge in [-0.3, -0.25) is 19.7 Å². The van der Waals surface area contributed by atoms with Gasteiger partial charge in [-0.1, -0.05) is 51.8 Å². The van der Waals surface area contributed by atoms with Crippen molar-refractivity contribution >= 4 is 68.4 Å². The van der Waals surface area contributed by atoms with Crippen molar-refractivity contribution in [3.63, 3.8) is 0 Å².